The van der Waals surface area contributed by atoms with Gasteiger partial charge in [0.15, 0.2) is 0 Å². The highest BCUT2D eigenvalue weighted by Gasteiger charge is 2.26. The van der Waals surface area contributed by atoms with Gasteiger partial charge in [0.25, 0.3) is 0 Å². The van der Waals surface area contributed by atoms with Crippen molar-refractivity contribution >= 4 is 11.3 Å². The molecule has 0 radical (unpaired) electrons. The van der Waals surface area contributed by atoms with Crippen molar-refractivity contribution in [2.45, 2.75) is 25.9 Å². The van der Waals surface area contributed by atoms with Crippen LogP contribution in [0.15, 0.2) is 16.8 Å². The van der Waals surface area contributed by atoms with Gasteiger partial charge in [0.2, 0.25) is 0 Å². The van der Waals surface area contributed by atoms with Crippen LogP contribution in [-0.4, -0.2) is 32.3 Å². The monoisotopic (exact) mass is 254 g/mol. The van der Waals surface area contributed by atoms with Gasteiger partial charge in [0.05, 0.1) is 13.2 Å². The summed E-state index contributed by atoms with van der Waals surface area (Å²) in [5.41, 5.74) is 1.38. The normalized spacial score (nSPS) is 24.3. The molecule has 17 heavy (non-hydrogen) atoms. The Bertz CT molecular complexity index is 302. The van der Waals surface area contributed by atoms with Crippen LogP contribution in [0.5, 0.6) is 0 Å². The maximum absolute atomic E-state index is 5.55. The molecule has 3 nitrogen and oxygen atoms in total. The van der Waals surface area contributed by atoms with Crippen LogP contribution in [0.25, 0.3) is 0 Å². The third-order valence-corrected chi connectivity index (χ3v) is 3.90. The molecule has 0 spiro atoms. The van der Waals surface area contributed by atoms with E-state index in [1.54, 1.807) is 11.3 Å². The summed E-state index contributed by atoms with van der Waals surface area (Å²) in [6.45, 7) is 7.06. The summed E-state index contributed by atoms with van der Waals surface area (Å²) in [4.78, 5) is 0. The first-order chi connectivity index (χ1) is 8.40. The third kappa shape index (κ3) is 4.07. The second-order valence-electron chi connectivity index (χ2n) is 4.62. The van der Waals surface area contributed by atoms with Gasteiger partial charge in [0.1, 0.15) is 0 Å². The summed E-state index contributed by atoms with van der Waals surface area (Å²) < 4.78 is 5.55. The third-order valence-electron chi connectivity index (χ3n) is 3.17. The minimum Gasteiger partial charge on any atom is -0.379 e. The van der Waals surface area contributed by atoms with Crippen molar-refractivity contribution in [1.82, 2.24) is 10.6 Å². The summed E-state index contributed by atoms with van der Waals surface area (Å²) >= 11 is 1.76. The molecule has 2 unspecified atom stereocenters. The topological polar surface area (TPSA) is 33.3 Å². The smallest absolute Gasteiger partial charge is 0.0623 e. The molecule has 2 heterocycles. The van der Waals surface area contributed by atoms with Crippen molar-refractivity contribution < 1.29 is 4.74 Å². The number of thiophene rings is 1. The van der Waals surface area contributed by atoms with E-state index in [2.05, 4.69) is 34.4 Å². The number of ether oxygens (including phenoxy) is 1. The molecule has 2 N–H and O–H groups in total. The standard InChI is InChI=1S/C13H22N2OS/c1-2-4-15-13-9-16-8-12(13)7-14-6-11-3-5-17-10-11/h3,5,10,12-15H,2,4,6-9H2,1H3. The fourth-order valence-corrected chi connectivity index (χ4v) is 2.82. The highest BCUT2D eigenvalue weighted by molar-refractivity contribution is 7.07. The van der Waals surface area contributed by atoms with Gasteiger partial charge in [-0.15, -0.1) is 0 Å². The van der Waals surface area contributed by atoms with Crippen LogP contribution < -0.4 is 10.6 Å². The lowest BCUT2D eigenvalue weighted by molar-refractivity contribution is 0.182. The molecule has 1 aliphatic heterocycles. The van der Waals surface area contributed by atoms with E-state index in [0.717, 1.165) is 32.8 Å². The van der Waals surface area contributed by atoms with E-state index in [4.69, 9.17) is 4.74 Å². The van der Waals surface area contributed by atoms with E-state index < -0.39 is 0 Å². The van der Waals surface area contributed by atoms with Gasteiger partial charge < -0.3 is 15.4 Å². The van der Waals surface area contributed by atoms with E-state index in [9.17, 15) is 0 Å². The molecule has 0 aromatic carbocycles. The van der Waals surface area contributed by atoms with E-state index in [-0.39, 0.29) is 0 Å². The Labute approximate surface area is 108 Å². The van der Waals surface area contributed by atoms with Crippen molar-refractivity contribution in [3.05, 3.63) is 22.4 Å². The first-order valence-corrected chi connectivity index (χ1v) is 7.37. The van der Waals surface area contributed by atoms with Crippen LogP contribution in [0.2, 0.25) is 0 Å². The second-order valence-corrected chi connectivity index (χ2v) is 5.40. The second kappa shape index (κ2) is 7.11. The van der Waals surface area contributed by atoms with E-state index >= 15 is 0 Å². The predicted molar refractivity (Wildman–Crippen MR) is 72.4 cm³/mol. The Hall–Kier alpha value is -0.420. The van der Waals surface area contributed by atoms with Gasteiger partial charge in [-0.05, 0) is 35.4 Å². The molecule has 2 atom stereocenters. The van der Waals surface area contributed by atoms with Gasteiger partial charge in [0, 0.05) is 25.0 Å². The molecule has 96 valence electrons. The molecule has 1 fully saturated rings. The summed E-state index contributed by atoms with van der Waals surface area (Å²) in [5, 5.41) is 11.4. The van der Waals surface area contributed by atoms with Crippen molar-refractivity contribution in [3.63, 3.8) is 0 Å². The molecule has 1 aromatic rings. The minimum absolute atomic E-state index is 0.532. The average Bonchev–Trinajstić information content (AvgIpc) is 2.98. The number of nitrogens with one attached hydrogen (secondary N) is 2. The van der Waals surface area contributed by atoms with Crippen molar-refractivity contribution in [2.75, 3.05) is 26.3 Å². The summed E-state index contributed by atoms with van der Waals surface area (Å²) in [6.07, 6.45) is 1.19. The van der Waals surface area contributed by atoms with Crippen LogP contribution in [0.4, 0.5) is 0 Å². The van der Waals surface area contributed by atoms with Crippen molar-refractivity contribution in [3.8, 4) is 0 Å². The Balaban J connectivity index is 1.67. The number of hydrogen-bond donors (Lipinski definition) is 2. The van der Waals surface area contributed by atoms with Gasteiger partial charge in [-0.25, -0.2) is 0 Å². The van der Waals surface area contributed by atoms with Gasteiger partial charge in [-0.3, -0.25) is 0 Å². The predicted octanol–water partition coefficient (Wildman–Crippen LogP) is 1.85. The zero-order valence-corrected chi connectivity index (χ0v) is 11.3. The summed E-state index contributed by atoms with van der Waals surface area (Å²) in [7, 11) is 0. The Kier molecular flexibility index (Phi) is 5.45. The molecule has 0 saturated carbocycles. The quantitative estimate of drug-likeness (QED) is 0.779. The maximum Gasteiger partial charge on any atom is 0.0623 e. The van der Waals surface area contributed by atoms with E-state index in [1.165, 1.54) is 12.0 Å². The SMILES string of the molecule is CCCNC1COCC1CNCc1ccsc1. The molecule has 1 saturated heterocycles. The summed E-state index contributed by atoms with van der Waals surface area (Å²) in [6, 6.07) is 2.71. The lowest BCUT2D eigenvalue weighted by Gasteiger charge is -2.19. The Morgan fingerprint density at radius 1 is 1.47 bits per heavy atom. The summed E-state index contributed by atoms with van der Waals surface area (Å²) in [5.74, 6) is 0.611. The maximum atomic E-state index is 5.55. The molecule has 0 bridgehead atoms. The van der Waals surface area contributed by atoms with Crippen LogP contribution >= 0.6 is 11.3 Å². The minimum atomic E-state index is 0.532. The lowest BCUT2D eigenvalue weighted by atomic mass is 10.0. The first kappa shape index (κ1) is 13.0. The molecule has 0 aliphatic carbocycles. The van der Waals surface area contributed by atoms with Crippen molar-refractivity contribution in [1.29, 1.82) is 0 Å². The largest absolute Gasteiger partial charge is 0.379 e. The van der Waals surface area contributed by atoms with Gasteiger partial charge >= 0.3 is 0 Å². The fourth-order valence-electron chi connectivity index (χ4n) is 2.15. The fraction of sp³-hybridized carbons (Fsp3) is 0.692. The number of rotatable bonds is 7. The van der Waals surface area contributed by atoms with Crippen LogP contribution in [0.1, 0.15) is 18.9 Å². The van der Waals surface area contributed by atoms with E-state index in [0.29, 0.717) is 12.0 Å². The van der Waals surface area contributed by atoms with Gasteiger partial charge in [-0.1, -0.05) is 6.92 Å². The van der Waals surface area contributed by atoms with E-state index in [1.807, 2.05) is 0 Å². The highest BCUT2D eigenvalue weighted by Crippen LogP contribution is 2.13. The molecule has 1 aromatic heterocycles. The average molecular weight is 254 g/mol. The van der Waals surface area contributed by atoms with Crippen LogP contribution in [0.3, 0.4) is 0 Å². The Morgan fingerprint density at radius 3 is 3.18 bits per heavy atom. The van der Waals surface area contributed by atoms with Crippen LogP contribution in [0, 0.1) is 5.92 Å². The Morgan fingerprint density at radius 2 is 2.41 bits per heavy atom. The highest BCUT2D eigenvalue weighted by atomic mass is 32.1. The molecule has 0 amide bonds. The molecule has 1 aliphatic rings. The zero-order chi connectivity index (χ0) is 11.9. The van der Waals surface area contributed by atoms with Gasteiger partial charge in [-0.2, -0.15) is 11.3 Å². The first-order valence-electron chi connectivity index (χ1n) is 6.43. The number of hydrogen-bond acceptors (Lipinski definition) is 4. The lowest BCUT2D eigenvalue weighted by Crippen LogP contribution is -2.40. The van der Waals surface area contributed by atoms with Crippen molar-refractivity contribution in [2.24, 2.45) is 5.92 Å². The molecule has 2 rings (SSSR count). The molecular weight excluding hydrogens is 232 g/mol. The van der Waals surface area contributed by atoms with Crippen LogP contribution in [-0.2, 0) is 11.3 Å². The zero-order valence-electron chi connectivity index (χ0n) is 10.4. The molecule has 4 heteroatoms. The molecular formula is C13H22N2OS.